The maximum absolute atomic E-state index is 3.79. The van der Waals surface area contributed by atoms with Crippen LogP contribution in [0.4, 0.5) is 0 Å². The number of hydrogen-bond acceptors (Lipinski definition) is 0. The zero-order valence-corrected chi connectivity index (χ0v) is 12.1. The average molecular weight is 212 g/mol. The molecule has 0 saturated heterocycles. The highest BCUT2D eigenvalue weighted by Gasteiger charge is 1.93. The van der Waals surface area contributed by atoms with Crippen LogP contribution in [-0.2, 0) is 0 Å². The molecule has 0 aromatic rings. The molecule has 0 radical (unpaired) electrons. The lowest BCUT2D eigenvalue weighted by molar-refractivity contribution is 0.897. The normalized spacial score (nSPS) is 10.1. The first-order valence-corrected chi connectivity index (χ1v) is 6.48. The van der Waals surface area contributed by atoms with E-state index in [0.717, 1.165) is 6.42 Å². The molecule has 0 amide bonds. The molecule has 0 fully saturated rings. The smallest absolute Gasteiger partial charge is 0.0282 e. The Balaban J connectivity index is -0.000000245. The Bertz CT molecular complexity index is 140. The number of hydrogen-bond donors (Lipinski definition) is 0. The first-order valence-electron chi connectivity index (χ1n) is 6.48. The van der Waals surface area contributed by atoms with Crippen LogP contribution in [0.1, 0.15) is 74.1 Å². The predicted octanol–water partition coefficient (Wildman–Crippen LogP) is 6.14. The van der Waals surface area contributed by atoms with E-state index in [1.165, 1.54) is 30.4 Å². The number of rotatable bonds is 4. The van der Waals surface area contributed by atoms with Gasteiger partial charge >= 0.3 is 0 Å². The fourth-order valence-electron chi connectivity index (χ4n) is 0.986. The molecule has 0 bridgehead atoms. The van der Waals surface area contributed by atoms with E-state index >= 15 is 0 Å². The standard InChI is InChI=1S/C10H18.C3H8.C2H6/c1-5-8-10(7-3)9(4)6-2;1-3-2;1-2/h7H,3,5-6,8H2,1-2,4H3;3H2,1-2H3;1-2H3/b10-9-;;. The largest absolute Gasteiger partial charge is 0.0988 e. The highest BCUT2D eigenvalue weighted by atomic mass is 14.0. The minimum atomic E-state index is 1.15. The molecule has 0 aromatic heterocycles. The van der Waals surface area contributed by atoms with Gasteiger partial charge in [-0.1, -0.05) is 72.6 Å². The minimum absolute atomic E-state index is 1.15. The van der Waals surface area contributed by atoms with E-state index in [-0.39, 0.29) is 0 Å². The lowest BCUT2D eigenvalue weighted by atomic mass is 10.0. The Morgan fingerprint density at radius 3 is 1.67 bits per heavy atom. The summed E-state index contributed by atoms with van der Waals surface area (Å²) >= 11 is 0. The maximum atomic E-state index is 3.79. The van der Waals surface area contributed by atoms with Crippen LogP contribution in [0.3, 0.4) is 0 Å². The molecule has 0 heteroatoms. The lowest BCUT2D eigenvalue weighted by Gasteiger charge is -2.03. The van der Waals surface area contributed by atoms with Gasteiger partial charge < -0.3 is 0 Å². The van der Waals surface area contributed by atoms with Crippen LogP contribution < -0.4 is 0 Å². The van der Waals surface area contributed by atoms with Gasteiger partial charge in [0.1, 0.15) is 0 Å². The van der Waals surface area contributed by atoms with Crippen molar-refractivity contribution in [2.24, 2.45) is 0 Å². The summed E-state index contributed by atoms with van der Waals surface area (Å²) in [5, 5.41) is 0. The second kappa shape index (κ2) is 19.1. The molecule has 0 saturated carbocycles. The molecule has 0 spiro atoms. The summed E-state index contributed by atoms with van der Waals surface area (Å²) in [6, 6.07) is 0. The predicted molar refractivity (Wildman–Crippen MR) is 75.4 cm³/mol. The van der Waals surface area contributed by atoms with Crippen LogP contribution in [0, 0.1) is 0 Å². The van der Waals surface area contributed by atoms with Crippen LogP contribution in [0.25, 0.3) is 0 Å². The summed E-state index contributed by atoms with van der Waals surface area (Å²) in [7, 11) is 0. The minimum Gasteiger partial charge on any atom is -0.0988 e. The Labute approximate surface area is 98.5 Å². The van der Waals surface area contributed by atoms with Gasteiger partial charge in [-0.2, -0.15) is 0 Å². The van der Waals surface area contributed by atoms with Crippen LogP contribution in [0.5, 0.6) is 0 Å². The van der Waals surface area contributed by atoms with Gasteiger partial charge in [0.05, 0.1) is 0 Å². The molecule has 15 heavy (non-hydrogen) atoms. The van der Waals surface area contributed by atoms with Crippen LogP contribution in [-0.4, -0.2) is 0 Å². The molecule has 0 atom stereocenters. The SMILES string of the molecule is C=C/C(CCC)=C(\C)CC.CC.CCC. The Morgan fingerprint density at radius 1 is 1.07 bits per heavy atom. The van der Waals surface area contributed by atoms with Crippen LogP contribution in [0.2, 0.25) is 0 Å². The summed E-state index contributed by atoms with van der Waals surface area (Å²) in [5.74, 6) is 0. The van der Waals surface area contributed by atoms with E-state index in [9.17, 15) is 0 Å². The molecule has 92 valence electrons. The van der Waals surface area contributed by atoms with E-state index in [0.29, 0.717) is 0 Å². The van der Waals surface area contributed by atoms with E-state index in [1.807, 2.05) is 19.9 Å². The fraction of sp³-hybridized carbons (Fsp3) is 0.733. The van der Waals surface area contributed by atoms with Crippen molar-refractivity contribution >= 4 is 0 Å². The number of allylic oxidation sites excluding steroid dienone is 3. The van der Waals surface area contributed by atoms with Crippen molar-refractivity contribution in [3.05, 3.63) is 23.8 Å². The van der Waals surface area contributed by atoms with Gasteiger partial charge in [0.2, 0.25) is 0 Å². The van der Waals surface area contributed by atoms with Crippen molar-refractivity contribution in [2.75, 3.05) is 0 Å². The van der Waals surface area contributed by atoms with Crippen molar-refractivity contribution < 1.29 is 0 Å². The Hall–Kier alpha value is -0.520. The van der Waals surface area contributed by atoms with Crippen molar-refractivity contribution in [1.82, 2.24) is 0 Å². The molecule has 0 rings (SSSR count). The van der Waals surface area contributed by atoms with E-state index in [4.69, 9.17) is 0 Å². The second-order valence-corrected chi connectivity index (χ2v) is 3.32. The fourth-order valence-corrected chi connectivity index (χ4v) is 0.986. The van der Waals surface area contributed by atoms with Crippen molar-refractivity contribution in [1.29, 1.82) is 0 Å². The molecule has 0 aliphatic carbocycles. The first kappa shape index (κ1) is 20.0. The summed E-state index contributed by atoms with van der Waals surface area (Å²) in [6.45, 7) is 18.6. The van der Waals surface area contributed by atoms with Gasteiger partial charge in [-0.15, -0.1) is 0 Å². The van der Waals surface area contributed by atoms with Crippen LogP contribution in [0.15, 0.2) is 23.8 Å². The van der Waals surface area contributed by atoms with Gasteiger partial charge in [-0.25, -0.2) is 0 Å². The zero-order chi connectivity index (χ0) is 12.7. The summed E-state index contributed by atoms with van der Waals surface area (Å²) < 4.78 is 0. The monoisotopic (exact) mass is 212 g/mol. The van der Waals surface area contributed by atoms with E-state index in [1.54, 1.807) is 0 Å². The Kier molecular flexibility index (Phi) is 25.4. The quantitative estimate of drug-likeness (QED) is 0.491. The molecule has 0 nitrogen and oxygen atoms in total. The average Bonchev–Trinajstić information content (AvgIpc) is 2.28. The third-order valence-corrected chi connectivity index (χ3v) is 1.84. The van der Waals surface area contributed by atoms with E-state index < -0.39 is 0 Å². The van der Waals surface area contributed by atoms with Gasteiger partial charge in [0.15, 0.2) is 0 Å². The molecule has 0 aliphatic rings. The van der Waals surface area contributed by atoms with E-state index in [2.05, 4.69) is 41.2 Å². The summed E-state index contributed by atoms with van der Waals surface area (Å²) in [5.41, 5.74) is 2.92. The summed E-state index contributed by atoms with van der Waals surface area (Å²) in [6.07, 6.45) is 6.80. The molecule has 0 unspecified atom stereocenters. The molecular formula is C15H32. The highest BCUT2D eigenvalue weighted by Crippen LogP contribution is 2.13. The molecule has 0 N–H and O–H groups in total. The van der Waals surface area contributed by atoms with Crippen molar-refractivity contribution in [2.45, 2.75) is 74.1 Å². The summed E-state index contributed by atoms with van der Waals surface area (Å²) in [4.78, 5) is 0. The first-order chi connectivity index (χ1) is 7.17. The second-order valence-electron chi connectivity index (χ2n) is 3.32. The molecule has 0 aliphatic heterocycles. The van der Waals surface area contributed by atoms with Gasteiger partial charge in [-0.05, 0) is 25.3 Å². The maximum Gasteiger partial charge on any atom is -0.0282 e. The van der Waals surface area contributed by atoms with Gasteiger partial charge in [0, 0.05) is 0 Å². The molecular weight excluding hydrogens is 180 g/mol. The van der Waals surface area contributed by atoms with Gasteiger partial charge in [-0.3, -0.25) is 0 Å². The van der Waals surface area contributed by atoms with Crippen molar-refractivity contribution in [3.63, 3.8) is 0 Å². The van der Waals surface area contributed by atoms with Gasteiger partial charge in [0.25, 0.3) is 0 Å². The molecule has 0 aromatic carbocycles. The van der Waals surface area contributed by atoms with Crippen molar-refractivity contribution in [3.8, 4) is 0 Å². The lowest BCUT2D eigenvalue weighted by Crippen LogP contribution is -1.83. The van der Waals surface area contributed by atoms with Crippen LogP contribution >= 0.6 is 0 Å². The molecule has 0 heterocycles. The topological polar surface area (TPSA) is 0 Å². The highest BCUT2D eigenvalue weighted by molar-refractivity contribution is 5.22. The Morgan fingerprint density at radius 2 is 1.47 bits per heavy atom. The zero-order valence-electron chi connectivity index (χ0n) is 12.1. The third-order valence-electron chi connectivity index (χ3n) is 1.84. The third kappa shape index (κ3) is 16.2.